The van der Waals surface area contributed by atoms with Crippen molar-refractivity contribution in [3.8, 4) is 17.2 Å². The van der Waals surface area contributed by atoms with Crippen LogP contribution in [0.2, 0.25) is 0 Å². The zero-order valence-electron chi connectivity index (χ0n) is 14.5. The summed E-state index contributed by atoms with van der Waals surface area (Å²) in [7, 11) is 0. The zero-order chi connectivity index (χ0) is 20.5. The van der Waals surface area contributed by atoms with Crippen molar-refractivity contribution in [3.63, 3.8) is 0 Å². The van der Waals surface area contributed by atoms with Crippen LogP contribution in [0.5, 0.6) is 17.2 Å². The number of aromatic carboxylic acids is 1. The average molecular weight is 382 g/mol. The summed E-state index contributed by atoms with van der Waals surface area (Å²) in [6.45, 7) is 0. The molecule has 0 saturated heterocycles. The lowest BCUT2D eigenvalue weighted by Gasteiger charge is -2.06. The zero-order valence-corrected chi connectivity index (χ0v) is 14.5. The Labute approximate surface area is 160 Å². The predicted molar refractivity (Wildman–Crippen MR) is 104 cm³/mol. The normalized spacial score (nSPS) is 9.57. The van der Waals surface area contributed by atoms with Gasteiger partial charge in [0.15, 0.2) is 17.2 Å². The molecule has 0 radical (unpaired) electrons. The van der Waals surface area contributed by atoms with Gasteiger partial charge in [0.05, 0.1) is 5.56 Å². The van der Waals surface area contributed by atoms with E-state index in [2.05, 4.69) is 10.6 Å². The summed E-state index contributed by atoms with van der Waals surface area (Å²) >= 11 is 0. The van der Waals surface area contributed by atoms with E-state index in [1.165, 1.54) is 0 Å². The summed E-state index contributed by atoms with van der Waals surface area (Å²) < 4.78 is 0. The number of benzene rings is 3. The van der Waals surface area contributed by atoms with Crippen LogP contribution in [-0.4, -0.2) is 32.4 Å². The summed E-state index contributed by atoms with van der Waals surface area (Å²) in [5.74, 6) is -3.33. The van der Waals surface area contributed by atoms with E-state index in [0.717, 1.165) is 23.5 Å². The third-order valence-electron chi connectivity index (χ3n) is 3.38. The highest BCUT2D eigenvalue weighted by Crippen LogP contribution is 2.35. The number of carboxylic acid groups (broad SMARTS) is 1. The molecule has 0 aliphatic rings. The SMILES string of the molecule is O=C(Nc1ccccc1)Nc1ccccc1.O=C(O)c1cc(O)c(O)c(O)c1. The van der Waals surface area contributed by atoms with Crippen molar-refractivity contribution < 1.29 is 30.0 Å². The second-order valence-corrected chi connectivity index (χ2v) is 5.48. The van der Waals surface area contributed by atoms with E-state index in [1.54, 1.807) is 0 Å². The van der Waals surface area contributed by atoms with Crippen LogP contribution in [0.25, 0.3) is 0 Å². The third kappa shape index (κ3) is 5.95. The fourth-order valence-corrected chi connectivity index (χ4v) is 2.06. The minimum atomic E-state index is -1.29. The van der Waals surface area contributed by atoms with Crippen LogP contribution >= 0.6 is 0 Å². The molecule has 0 atom stereocenters. The van der Waals surface area contributed by atoms with E-state index < -0.39 is 23.2 Å². The molecule has 3 rings (SSSR count). The fourth-order valence-electron chi connectivity index (χ4n) is 2.06. The van der Waals surface area contributed by atoms with Crippen LogP contribution in [0.1, 0.15) is 10.4 Å². The second-order valence-electron chi connectivity index (χ2n) is 5.48. The number of phenolic OH excluding ortho intramolecular Hbond substituents is 3. The Morgan fingerprint density at radius 2 is 1.07 bits per heavy atom. The highest BCUT2D eigenvalue weighted by atomic mass is 16.4. The molecule has 3 aromatic rings. The van der Waals surface area contributed by atoms with Crippen molar-refractivity contribution in [2.24, 2.45) is 0 Å². The molecule has 0 aliphatic heterocycles. The molecule has 0 bridgehead atoms. The van der Waals surface area contributed by atoms with E-state index in [0.29, 0.717) is 0 Å². The topological polar surface area (TPSA) is 139 Å². The predicted octanol–water partition coefficient (Wildman–Crippen LogP) is 3.83. The molecule has 2 amide bonds. The fraction of sp³-hybridized carbons (Fsp3) is 0. The highest BCUT2D eigenvalue weighted by Gasteiger charge is 2.11. The number of amides is 2. The summed E-state index contributed by atoms with van der Waals surface area (Å²) in [6.07, 6.45) is 0. The number of carbonyl (C=O) groups is 2. The number of hydrogen-bond acceptors (Lipinski definition) is 5. The van der Waals surface area contributed by atoms with Gasteiger partial charge in [0.2, 0.25) is 0 Å². The first-order valence-corrected chi connectivity index (χ1v) is 8.03. The Balaban J connectivity index is 0.000000209. The first-order valence-electron chi connectivity index (χ1n) is 8.03. The van der Waals surface area contributed by atoms with E-state index in [9.17, 15) is 9.59 Å². The summed E-state index contributed by atoms with van der Waals surface area (Å²) in [5, 5.41) is 40.4. The molecule has 3 aromatic carbocycles. The van der Waals surface area contributed by atoms with Gasteiger partial charge in [-0.3, -0.25) is 0 Å². The minimum Gasteiger partial charge on any atom is -0.504 e. The van der Waals surface area contributed by atoms with Gasteiger partial charge >= 0.3 is 12.0 Å². The monoisotopic (exact) mass is 382 g/mol. The molecule has 0 spiro atoms. The summed E-state index contributed by atoms with van der Waals surface area (Å²) in [5.41, 5.74) is 1.26. The van der Waals surface area contributed by atoms with Gasteiger partial charge in [-0.25, -0.2) is 9.59 Å². The number of aromatic hydroxyl groups is 3. The lowest BCUT2D eigenvalue weighted by molar-refractivity contribution is 0.0696. The number of rotatable bonds is 3. The minimum absolute atomic E-state index is 0.239. The molecule has 0 saturated carbocycles. The van der Waals surface area contributed by atoms with Crippen LogP contribution in [0.4, 0.5) is 16.2 Å². The highest BCUT2D eigenvalue weighted by molar-refractivity contribution is 5.99. The molecule has 0 aromatic heterocycles. The molecular weight excluding hydrogens is 364 g/mol. The van der Waals surface area contributed by atoms with Crippen LogP contribution in [0.3, 0.4) is 0 Å². The molecule has 8 heteroatoms. The molecule has 0 fully saturated rings. The van der Waals surface area contributed by atoms with E-state index in [4.69, 9.17) is 20.4 Å². The van der Waals surface area contributed by atoms with Crippen LogP contribution in [0, 0.1) is 0 Å². The van der Waals surface area contributed by atoms with Crippen molar-refractivity contribution in [3.05, 3.63) is 78.4 Å². The molecular formula is C20H18N2O6. The molecule has 6 N–H and O–H groups in total. The van der Waals surface area contributed by atoms with Crippen molar-refractivity contribution in [1.82, 2.24) is 0 Å². The summed E-state index contributed by atoms with van der Waals surface area (Å²) in [4.78, 5) is 21.9. The molecule has 8 nitrogen and oxygen atoms in total. The van der Waals surface area contributed by atoms with Gasteiger partial charge < -0.3 is 31.1 Å². The van der Waals surface area contributed by atoms with Crippen molar-refractivity contribution >= 4 is 23.4 Å². The standard InChI is InChI=1S/C13H12N2O.C7H6O5/c16-13(14-11-7-3-1-4-8-11)15-12-9-5-2-6-10-12;8-4-1-3(7(11)12)2-5(9)6(4)10/h1-10H,(H2,14,15,16);1-2,8-10H,(H,11,12). The largest absolute Gasteiger partial charge is 0.504 e. The van der Waals surface area contributed by atoms with Gasteiger partial charge in [-0.05, 0) is 36.4 Å². The smallest absolute Gasteiger partial charge is 0.335 e. The van der Waals surface area contributed by atoms with Gasteiger partial charge in [-0.15, -0.1) is 0 Å². The Bertz CT molecular complexity index is 879. The lowest BCUT2D eigenvalue weighted by Crippen LogP contribution is -2.19. The molecule has 0 heterocycles. The molecule has 28 heavy (non-hydrogen) atoms. The number of nitrogens with one attached hydrogen (secondary N) is 2. The van der Waals surface area contributed by atoms with E-state index in [-0.39, 0.29) is 11.6 Å². The Morgan fingerprint density at radius 1 is 0.679 bits per heavy atom. The Kier molecular flexibility index (Phi) is 6.81. The first kappa shape index (κ1) is 20.1. The van der Waals surface area contributed by atoms with Gasteiger partial charge in [0.1, 0.15) is 0 Å². The molecule has 0 unspecified atom stereocenters. The van der Waals surface area contributed by atoms with Crippen molar-refractivity contribution in [2.75, 3.05) is 10.6 Å². The number of para-hydroxylation sites is 2. The number of urea groups is 1. The number of carboxylic acids is 1. The molecule has 144 valence electrons. The van der Waals surface area contributed by atoms with Gasteiger partial charge in [-0.1, -0.05) is 36.4 Å². The van der Waals surface area contributed by atoms with Crippen LogP contribution < -0.4 is 10.6 Å². The van der Waals surface area contributed by atoms with Crippen molar-refractivity contribution in [2.45, 2.75) is 0 Å². The first-order chi connectivity index (χ1) is 13.4. The third-order valence-corrected chi connectivity index (χ3v) is 3.38. The van der Waals surface area contributed by atoms with Gasteiger partial charge in [-0.2, -0.15) is 0 Å². The van der Waals surface area contributed by atoms with Gasteiger partial charge in [0, 0.05) is 11.4 Å². The Hall–Kier alpha value is -4.20. The second kappa shape index (κ2) is 9.48. The average Bonchev–Trinajstić information content (AvgIpc) is 2.67. The maximum absolute atomic E-state index is 11.6. The number of carbonyl (C=O) groups excluding carboxylic acids is 1. The maximum atomic E-state index is 11.6. The summed E-state index contributed by atoms with van der Waals surface area (Å²) in [6, 6.07) is 20.1. The lowest BCUT2D eigenvalue weighted by atomic mass is 10.2. The number of phenols is 3. The van der Waals surface area contributed by atoms with E-state index >= 15 is 0 Å². The quantitative estimate of drug-likeness (QED) is 0.381. The number of hydrogen-bond donors (Lipinski definition) is 6. The van der Waals surface area contributed by atoms with Crippen LogP contribution in [-0.2, 0) is 0 Å². The number of anilines is 2. The van der Waals surface area contributed by atoms with Crippen LogP contribution in [0.15, 0.2) is 72.8 Å². The molecule has 0 aliphatic carbocycles. The van der Waals surface area contributed by atoms with Crippen molar-refractivity contribution in [1.29, 1.82) is 0 Å². The van der Waals surface area contributed by atoms with E-state index in [1.807, 2.05) is 60.7 Å². The maximum Gasteiger partial charge on any atom is 0.335 e. The Morgan fingerprint density at radius 3 is 1.43 bits per heavy atom. The van der Waals surface area contributed by atoms with Gasteiger partial charge in [0.25, 0.3) is 0 Å².